The number of nitriles is 1. The highest BCUT2D eigenvalue weighted by molar-refractivity contribution is 5.30. The van der Waals surface area contributed by atoms with Gasteiger partial charge in [0.1, 0.15) is 11.6 Å². The van der Waals surface area contributed by atoms with E-state index in [1.165, 1.54) is 0 Å². The van der Waals surface area contributed by atoms with Gasteiger partial charge in [-0.2, -0.15) is 5.26 Å². The molecule has 22 heavy (non-hydrogen) atoms. The first-order valence-corrected chi connectivity index (χ1v) is 7.82. The molecule has 0 atom stereocenters. The van der Waals surface area contributed by atoms with E-state index in [-0.39, 0.29) is 16.5 Å². The van der Waals surface area contributed by atoms with Crippen molar-refractivity contribution in [1.82, 2.24) is 9.47 Å². The largest absolute Gasteiger partial charge is 0.379 e. The van der Waals surface area contributed by atoms with Gasteiger partial charge in [0.2, 0.25) is 0 Å². The second-order valence-corrected chi connectivity index (χ2v) is 7.07. The van der Waals surface area contributed by atoms with Crippen molar-refractivity contribution in [2.45, 2.75) is 40.3 Å². The smallest absolute Gasteiger partial charge is 0.268 e. The molecule has 0 radical (unpaired) electrons. The standard InChI is InChI=1S/C17H25N3O2/c1-17(2,3)4-5-20-13-14(10-15(11-18)16(20)21)12-19-6-8-22-9-7-19/h10,13H,4-9,12H2,1-3H3. The molecule has 0 spiro atoms. The highest BCUT2D eigenvalue weighted by Crippen LogP contribution is 2.19. The predicted molar refractivity (Wildman–Crippen MR) is 85.6 cm³/mol. The first-order chi connectivity index (χ1) is 10.4. The third-order valence-corrected chi connectivity index (χ3v) is 3.88. The number of morpholine rings is 1. The summed E-state index contributed by atoms with van der Waals surface area (Å²) < 4.78 is 7.05. The number of aryl methyl sites for hydroxylation is 1. The Morgan fingerprint density at radius 1 is 1.32 bits per heavy atom. The quantitative estimate of drug-likeness (QED) is 0.853. The number of hydrogen-bond donors (Lipinski definition) is 0. The fraction of sp³-hybridized carbons (Fsp3) is 0.647. The lowest BCUT2D eigenvalue weighted by Gasteiger charge is -2.27. The SMILES string of the molecule is CC(C)(C)CCn1cc(CN2CCOCC2)cc(C#N)c1=O. The minimum Gasteiger partial charge on any atom is -0.379 e. The molecule has 0 bridgehead atoms. The Kier molecular flexibility index (Phi) is 5.38. The zero-order chi connectivity index (χ0) is 16.2. The molecule has 1 aliphatic rings. The highest BCUT2D eigenvalue weighted by Gasteiger charge is 2.15. The van der Waals surface area contributed by atoms with E-state index in [0.717, 1.165) is 44.8 Å². The molecule has 0 aliphatic carbocycles. The van der Waals surface area contributed by atoms with Gasteiger partial charge in [-0.3, -0.25) is 9.69 Å². The zero-order valence-electron chi connectivity index (χ0n) is 13.8. The predicted octanol–water partition coefficient (Wildman–Crippen LogP) is 1.99. The van der Waals surface area contributed by atoms with Gasteiger partial charge in [-0.15, -0.1) is 0 Å². The van der Waals surface area contributed by atoms with E-state index in [1.807, 2.05) is 12.3 Å². The molecule has 1 saturated heterocycles. The van der Waals surface area contributed by atoms with Crippen LogP contribution in [-0.4, -0.2) is 35.8 Å². The van der Waals surface area contributed by atoms with E-state index in [0.29, 0.717) is 6.54 Å². The third kappa shape index (κ3) is 4.69. The van der Waals surface area contributed by atoms with Crippen LogP contribution in [0, 0.1) is 16.7 Å². The Balaban J connectivity index is 2.19. The van der Waals surface area contributed by atoms with Crippen LogP contribution in [0.1, 0.15) is 38.3 Å². The number of aromatic nitrogens is 1. The Hall–Kier alpha value is -1.64. The van der Waals surface area contributed by atoms with Crippen molar-refractivity contribution in [3.8, 4) is 6.07 Å². The molecule has 5 heteroatoms. The third-order valence-electron chi connectivity index (χ3n) is 3.88. The summed E-state index contributed by atoms with van der Waals surface area (Å²) in [7, 11) is 0. The first-order valence-electron chi connectivity index (χ1n) is 7.82. The van der Waals surface area contributed by atoms with Gasteiger partial charge in [-0.1, -0.05) is 20.8 Å². The van der Waals surface area contributed by atoms with Crippen LogP contribution in [0.3, 0.4) is 0 Å². The summed E-state index contributed by atoms with van der Waals surface area (Å²) in [5.74, 6) is 0. The van der Waals surface area contributed by atoms with E-state index in [1.54, 1.807) is 10.6 Å². The van der Waals surface area contributed by atoms with Crippen LogP contribution in [0.5, 0.6) is 0 Å². The molecule has 0 unspecified atom stereocenters. The molecule has 120 valence electrons. The van der Waals surface area contributed by atoms with Crippen molar-refractivity contribution in [2.24, 2.45) is 5.41 Å². The lowest BCUT2D eigenvalue weighted by Crippen LogP contribution is -2.36. The Morgan fingerprint density at radius 2 is 2.00 bits per heavy atom. The monoisotopic (exact) mass is 303 g/mol. The van der Waals surface area contributed by atoms with E-state index in [9.17, 15) is 10.1 Å². The average Bonchev–Trinajstić information content (AvgIpc) is 2.47. The maximum absolute atomic E-state index is 12.3. The second kappa shape index (κ2) is 7.08. The van der Waals surface area contributed by atoms with E-state index in [4.69, 9.17) is 4.74 Å². The van der Waals surface area contributed by atoms with Gasteiger partial charge >= 0.3 is 0 Å². The van der Waals surface area contributed by atoms with Crippen LogP contribution in [0.25, 0.3) is 0 Å². The summed E-state index contributed by atoms with van der Waals surface area (Å²) in [6.45, 7) is 11.1. The van der Waals surface area contributed by atoms with Crippen molar-refractivity contribution < 1.29 is 4.74 Å². The van der Waals surface area contributed by atoms with E-state index < -0.39 is 0 Å². The molecule has 5 nitrogen and oxygen atoms in total. The van der Waals surface area contributed by atoms with Gasteiger partial charge in [-0.25, -0.2) is 0 Å². The van der Waals surface area contributed by atoms with Crippen LogP contribution < -0.4 is 5.56 Å². The molecule has 0 amide bonds. The summed E-state index contributed by atoms with van der Waals surface area (Å²) >= 11 is 0. The minimum absolute atomic E-state index is 0.159. The average molecular weight is 303 g/mol. The van der Waals surface area contributed by atoms with Gasteiger partial charge < -0.3 is 9.30 Å². The Morgan fingerprint density at radius 3 is 2.59 bits per heavy atom. The molecule has 1 aromatic rings. The molecule has 1 aliphatic heterocycles. The normalized spacial score (nSPS) is 16.5. The molecule has 2 heterocycles. The minimum atomic E-state index is -0.183. The molecular formula is C17H25N3O2. The molecule has 0 aromatic carbocycles. The van der Waals surface area contributed by atoms with E-state index >= 15 is 0 Å². The van der Waals surface area contributed by atoms with Crippen molar-refractivity contribution in [3.63, 3.8) is 0 Å². The van der Waals surface area contributed by atoms with Crippen LogP contribution >= 0.6 is 0 Å². The summed E-state index contributed by atoms with van der Waals surface area (Å²) in [6, 6.07) is 3.76. The summed E-state index contributed by atoms with van der Waals surface area (Å²) in [6.07, 6.45) is 2.81. The fourth-order valence-electron chi connectivity index (χ4n) is 2.50. The van der Waals surface area contributed by atoms with Gasteiger partial charge in [0.15, 0.2) is 0 Å². The maximum atomic E-state index is 12.3. The molecular weight excluding hydrogens is 278 g/mol. The second-order valence-electron chi connectivity index (χ2n) is 7.07. The van der Waals surface area contributed by atoms with Crippen molar-refractivity contribution in [3.05, 3.63) is 33.7 Å². The molecule has 2 rings (SSSR count). The van der Waals surface area contributed by atoms with Crippen molar-refractivity contribution in [2.75, 3.05) is 26.3 Å². The lowest BCUT2D eigenvalue weighted by molar-refractivity contribution is 0.0341. The van der Waals surface area contributed by atoms with Crippen molar-refractivity contribution >= 4 is 0 Å². The number of rotatable bonds is 4. The van der Waals surface area contributed by atoms with Gasteiger partial charge in [0.05, 0.1) is 13.2 Å². The first kappa shape index (κ1) is 16.7. The topological polar surface area (TPSA) is 58.3 Å². The van der Waals surface area contributed by atoms with Crippen LogP contribution in [0.4, 0.5) is 0 Å². The maximum Gasteiger partial charge on any atom is 0.268 e. The number of pyridine rings is 1. The number of ether oxygens (including phenoxy) is 1. The van der Waals surface area contributed by atoms with E-state index in [2.05, 4.69) is 25.7 Å². The lowest BCUT2D eigenvalue weighted by atomic mass is 9.92. The number of hydrogen-bond acceptors (Lipinski definition) is 4. The Bertz CT molecular complexity index is 602. The number of nitrogens with zero attached hydrogens (tertiary/aromatic N) is 3. The van der Waals surface area contributed by atoms with Gasteiger partial charge in [0, 0.05) is 32.4 Å². The van der Waals surface area contributed by atoms with Crippen LogP contribution in [0.2, 0.25) is 0 Å². The zero-order valence-corrected chi connectivity index (χ0v) is 13.8. The van der Waals surface area contributed by atoms with Crippen LogP contribution in [-0.2, 0) is 17.8 Å². The Labute approximate surface area is 132 Å². The van der Waals surface area contributed by atoms with Crippen molar-refractivity contribution in [1.29, 1.82) is 5.26 Å². The molecule has 0 N–H and O–H groups in total. The summed E-state index contributed by atoms with van der Waals surface area (Å²) in [4.78, 5) is 14.6. The molecule has 1 fully saturated rings. The highest BCUT2D eigenvalue weighted by atomic mass is 16.5. The van der Waals surface area contributed by atoms with Crippen LogP contribution in [0.15, 0.2) is 17.1 Å². The molecule has 0 saturated carbocycles. The summed E-state index contributed by atoms with van der Waals surface area (Å²) in [5, 5.41) is 9.20. The van der Waals surface area contributed by atoms with Gasteiger partial charge in [-0.05, 0) is 23.5 Å². The summed E-state index contributed by atoms with van der Waals surface area (Å²) in [5.41, 5.74) is 1.23. The van der Waals surface area contributed by atoms with Gasteiger partial charge in [0.25, 0.3) is 5.56 Å². The fourth-order valence-corrected chi connectivity index (χ4v) is 2.50. The molecule has 1 aromatic heterocycles.